The van der Waals surface area contributed by atoms with Gasteiger partial charge in [0.1, 0.15) is 10.9 Å². The van der Waals surface area contributed by atoms with Crippen LogP contribution in [0.2, 0.25) is 0 Å². The molecule has 0 fully saturated rings. The Bertz CT molecular complexity index is 1310. The van der Waals surface area contributed by atoms with Crippen LogP contribution in [0, 0.1) is 0 Å². The smallest absolute Gasteiger partial charge is 0.340 e. The predicted octanol–water partition coefficient (Wildman–Crippen LogP) is 3.19. The van der Waals surface area contributed by atoms with Crippen LogP contribution in [0.25, 0.3) is 21.7 Å². The maximum absolute atomic E-state index is 12.7. The number of rotatable bonds is 5. The minimum absolute atomic E-state index is 0.156. The molecule has 0 bridgehead atoms. The summed E-state index contributed by atoms with van der Waals surface area (Å²) in [7, 11) is -4.36. The fourth-order valence-corrected chi connectivity index (χ4v) is 4.37. The molecule has 0 saturated heterocycles. The summed E-state index contributed by atoms with van der Waals surface area (Å²) >= 11 is 0. The number of carbonyl (C=O) groups is 1. The molecule has 29 heavy (non-hydrogen) atoms. The van der Waals surface area contributed by atoms with Crippen molar-refractivity contribution < 1.29 is 17.4 Å². The highest BCUT2D eigenvalue weighted by atomic mass is 32.2. The quantitative estimate of drug-likeness (QED) is 0.511. The first-order chi connectivity index (χ1) is 14.0. The van der Waals surface area contributed by atoms with Gasteiger partial charge in [-0.1, -0.05) is 60.7 Å². The highest BCUT2D eigenvalue weighted by molar-refractivity contribution is 7.87. The molecule has 4 aromatic rings. The second kappa shape index (κ2) is 7.62. The van der Waals surface area contributed by atoms with Crippen molar-refractivity contribution in [1.82, 2.24) is 4.98 Å². The van der Waals surface area contributed by atoms with E-state index in [1.54, 1.807) is 24.3 Å². The zero-order valence-corrected chi connectivity index (χ0v) is 16.2. The predicted molar refractivity (Wildman–Crippen MR) is 111 cm³/mol. The van der Waals surface area contributed by atoms with E-state index < -0.39 is 22.1 Å². The van der Waals surface area contributed by atoms with Crippen LogP contribution in [0.4, 0.5) is 0 Å². The van der Waals surface area contributed by atoms with Crippen molar-refractivity contribution in [2.24, 2.45) is 5.73 Å². The Labute approximate surface area is 168 Å². The summed E-state index contributed by atoms with van der Waals surface area (Å²) in [5, 5.41) is 2.60. The van der Waals surface area contributed by atoms with Gasteiger partial charge in [-0.15, -0.1) is 0 Å². The van der Waals surface area contributed by atoms with Crippen LogP contribution in [-0.2, 0) is 25.5 Å². The van der Waals surface area contributed by atoms with Crippen molar-refractivity contribution in [2.75, 3.05) is 0 Å². The zero-order valence-electron chi connectivity index (χ0n) is 15.4. The van der Waals surface area contributed by atoms with E-state index in [1.165, 1.54) is 12.3 Å². The van der Waals surface area contributed by atoms with Gasteiger partial charge in [0.2, 0.25) is 0 Å². The molecular weight excluding hydrogens is 388 g/mol. The van der Waals surface area contributed by atoms with Crippen LogP contribution in [-0.4, -0.2) is 25.4 Å². The molecule has 3 aromatic carbocycles. The number of hydrogen-bond acceptors (Lipinski definition) is 6. The molecule has 1 heterocycles. The lowest BCUT2D eigenvalue weighted by molar-refractivity contribution is -0.135. The highest BCUT2D eigenvalue weighted by Gasteiger charge is 2.27. The van der Waals surface area contributed by atoms with Gasteiger partial charge in [-0.3, -0.25) is 4.98 Å². The van der Waals surface area contributed by atoms with Crippen molar-refractivity contribution >= 4 is 37.8 Å². The molecule has 2 N–H and O–H groups in total. The maximum atomic E-state index is 12.7. The molecule has 0 saturated carbocycles. The van der Waals surface area contributed by atoms with E-state index in [9.17, 15) is 13.2 Å². The van der Waals surface area contributed by atoms with Crippen molar-refractivity contribution in [2.45, 2.75) is 17.4 Å². The summed E-state index contributed by atoms with van der Waals surface area (Å²) in [5.41, 5.74) is 7.07. The average molecular weight is 406 g/mol. The Kier molecular flexibility index (Phi) is 5.00. The molecule has 6 nitrogen and oxygen atoms in total. The summed E-state index contributed by atoms with van der Waals surface area (Å²) in [5.74, 6) is -1.01. The van der Waals surface area contributed by atoms with Gasteiger partial charge in [0.15, 0.2) is 0 Å². The molecule has 0 aliphatic rings. The number of fused-ring (bicyclic) bond motifs is 2. The number of benzene rings is 3. The summed E-state index contributed by atoms with van der Waals surface area (Å²) in [4.78, 5) is 16.4. The molecule has 0 radical (unpaired) electrons. The lowest BCUT2D eigenvalue weighted by atomic mass is 9.99. The van der Waals surface area contributed by atoms with Crippen LogP contribution < -0.4 is 5.73 Å². The van der Waals surface area contributed by atoms with E-state index in [4.69, 9.17) is 9.92 Å². The van der Waals surface area contributed by atoms with E-state index in [2.05, 4.69) is 4.98 Å². The molecular formula is C22H18N2O4S. The Morgan fingerprint density at radius 1 is 0.931 bits per heavy atom. The van der Waals surface area contributed by atoms with Crippen LogP contribution >= 0.6 is 0 Å². The molecule has 1 aromatic heterocycles. The van der Waals surface area contributed by atoms with Crippen molar-refractivity contribution in [3.8, 4) is 0 Å². The largest absolute Gasteiger partial charge is 0.343 e. The normalized spacial score (nSPS) is 12.7. The fourth-order valence-electron chi connectivity index (χ4n) is 3.28. The second-order valence-electron chi connectivity index (χ2n) is 6.64. The van der Waals surface area contributed by atoms with Gasteiger partial charge in [0.25, 0.3) is 0 Å². The van der Waals surface area contributed by atoms with Crippen molar-refractivity contribution in [3.05, 3.63) is 84.6 Å². The number of aromatic nitrogens is 1. The Balaban J connectivity index is 1.58. The van der Waals surface area contributed by atoms with Crippen LogP contribution in [0.5, 0.6) is 0 Å². The third-order valence-corrected chi connectivity index (χ3v) is 5.93. The second-order valence-corrected chi connectivity index (χ2v) is 8.15. The van der Waals surface area contributed by atoms with Gasteiger partial charge in [-0.2, -0.15) is 8.42 Å². The topological polar surface area (TPSA) is 99.4 Å². The van der Waals surface area contributed by atoms with E-state index in [0.717, 1.165) is 16.3 Å². The van der Waals surface area contributed by atoms with Gasteiger partial charge in [-0.05, 0) is 34.9 Å². The van der Waals surface area contributed by atoms with E-state index in [1.807, 2.05) is 42.5 Å². The fraction of sp³-hybridized carbons (Fsp3) is 0.0909. The third kappa shape index (κ3) is 3.83. The Morgan fingerprint density at radius 3 is 2.48 bits per heavy atom. The molecule has 0 aliphatic carbocycles. The van der Waals surface area contributed by atoms with Crippen LogP contribution in [0.3, 0.4) is 0 Å². The highest BCUT2D eigenvalue weighted by Crippen LogP contribution is 2.23. The van der Waals surface area contributed by atoms with E-state index in [-0.39, 0.29) is 16.8 Å². The van der Waals surface area contributed by atoms with Gasteiger partial charge in [-0.25, -0.2) is 4.79 Å². The molecule has 4 rings (SSSR count). The summed E-state index contributed by atoms with van der Waals surface area (Å²) in [6.45, 7) is 0. The van der Waals surface area contributed by atoms with Gasteiger partial charge < -0.3 is 9.92 Å². The first-order valence-electron chi connectivity index (χ1n) is 9.00. The zero-order chi connectivity index (χ0) is 20.4. The molecule has 0 spiro atoms. The SMILES string of the molecule is N[C@@H](Cc1cccc2ccccc12)C(=O)OS(=O)(=O)c1cccc2cccnc12. The lowest BCUT2D eigenvalue weighted by Gasteiger charge is -2.13. The Morgan fingerprint density at radius 2 is 1.62 bits per heavy atom. The van der Waals surface area contributed by atoms with Gasteiger partial charge >= 0.3 is 16.1 Å². The molecule has 1 atom stereocenters. The first kappa shape index (κ1) is 19.0. The molecule has 146 valence electrons. The van der Waals surface area contributed by atoms with E-state index >= 15 is 0 Å². The number of nitrogens with zero attached hydrogens (tertiary/aromatic N) is 1. The molecule has 0 unspecified atom stereocenters. The Hall–Kier alpha value is -3.29. The summed E-state index contributed by atoms with van der Waals surface area (Å²) in [6, 6.07) is 20.4. The number of nitrogens with two attached hydrogens (primary N) is 1. The van der Waals surface area contributed by atoms with Crippen molar-refractivity contribution in [3.63, 3.8) is 0 Å². The lowest BCUT2D eigenvalue weighted by Crippen LogP contribution is -2.35. The third-order valence-electron chi connectivity index (χ3n) is 4.68. The summed E-state index contributed by atoms with van der Waals surface area (Å²) in [6.07, 6.45) is 1.64. The summed E-state index contributed by atoms with van der Waals surface area (Å²) < 4.78 is 30.2. The van der Waals surface area contributed by atoms with Crippen molar-refractivity contribution in [1.29, 1.82) is 0 Å². The molecule has 0 aliphatic heterocycles. The van der Waals surface area contributed by atoms with Crippen LogP contribution in [0.15, 0.2) is 83.9 Å². The van der Waals surface area contributed by atoms with Gasteiger partial charge in [0, 0.05) is 11.6 Å². The number of para-hydroxylation sites is 1. The van der Waals surface area contributed by atoms with E-state index in [0.29, 0.717) is 5.39 Å². The first-order valence-corrected chi connectivity index (χ1v) is 10.4. The van der Waals surface area contributed by atoms with Crippen LogP contribution in [0.1, 0.15) is 5.56 Å². The van der Waals surface area contributed by atoms with Gasteiger partial charge in [0.05, 0.1) is 5.52 Å². The molecule has 7 heteroatoms. The monoisotopic (exact) mass is 406 g/mol. The number of pyridine rings is 1. The minimum Gasteiger partial charge on any atom is -0.340 e. The minimum atomic E-state index is -4.36. The molecule has 0 amide bonds. The average Bonchev–Trinajstić information content (AvgIpc) is 2.73. The standard InChI is InChI=1S/C22H18N2O4S/c23-19(14-17-9-3-7-15-6-1-2-11-18(15)17)22(25)28-29(26,27)20-12-4-8-16-10-5-13-24-21(16)20/h1-13,19H,14,23H2/t19-/m0/s1. The maximum Gasteiger partial charge on any atom is 0.343 e. The number of carbonyl (C=O) groups excluding carboxylic acids is 1. The number of hydrogen-bond donors (Lipinski definition) is 1.